The molecule has 6 nitrogen and oxygen atoms in total. The zero-order chi connectivity index (χ0) is 18.0. The van der Waals surface area contributed by atoms with E-state index in [4.69, 9.17) is 9.47 Å². The predicted molar refractivity (Wildman–Crippen MR) is 89.2 cm³/mol. The van der Waals surface area contributed by atoms with Crippen molar-refractivity contribution < 1.29 is 24.2 Å². The Labute approximate surface area is 140 Å². The molecule has 0 fully saturated rings. The van der Waals surface area contributed by atoms with Gasteiger partial charge in [-0.1, -0.05) is 0 Å². The van der Waals surface area contributed by atoms with E-state index in [1.807, 2.05) is 0 Å². The van der Waals surface area contributed by atoms with Crippen molar-refractivity contribution in [3.63, 3.8) is 0 Å². The Morgan fingerprint density at radius 1 is 1.12 bits per heavy atom. The van der Waals surface area contributed by atoms with Crippen molar-refractivity contribution in [2.24, 2.45) is 7.05 Å². The second kappa shape index (κ2) is 6.78. The highest BCUT2D eigenvalue weighted by molar-refractivity contribution is 6.09. The van der Waals surface area contributed by atoms with Gasteiger partial charge in [0, 0.05) is 18.3 Å². The van der Waals surface area contributed by atoms with Gasteiger partial charge in [0.25, 0.3) is 0 Å². The second-order valence-corrected chi connectivity index (χ2v) is 5.62. The number of benzene rings is 1. The molecular weight excluding hydrogens is 310 g/mol. The maximum atomic E-state index is 12.9. The minimum absolute atomic E-state index is 0.195. The summed E-state index contributed by atoms with van der Waals surface area (Å²) >= 11 is 0. The number of aromatic nitrogens is 1. The Hall–Kier alpha value is -2.76. The average Bonchev–Trinajstić information content (AvgIpc) is 2.87. The van der Waals surface area contributed by atoms with Gasteiger partial charge in [-0.05, 0) is 43.7 Å². The van der Waals surface area contributed by atoms with Gasteiger partial charge < -0.3 is 19.1 Å². The van der Waals surface area contributed by atoms with E-state index in [2.05, 4.69) is 0 Å². The summed E-state index contributed by atoms with van der Waals surface area (Å²) in [6.45, 7) is 3.40. The highest BCUT2D eigenvalue weighted by atomic mass is 16.5. The number of carbonyl (C=O) groups is 2. The number of methoxy groups -OCH3 is 2. The minimum atomic E-state index is -0.930. The zero-order valence-electron chi connectivity index (χ0n) is 14.4. The Kier molecular flexibility index (Phi) is 4.97. The first kappa shape index (κ1) is 17.6. The monoisotopic (exact) mass is 331 g/mol. The molecule has 1 N–H and O–H groups in total. The lowest BCUT2D eigenvalue weighted by Crippen LogP contribution is -2.15. The number of ether oxygens (including phenoxy) is 2. The number of aryl methyl sites for hydroxylation is 1. The van der Waals surface area contributed by atoms with Crippen LogP contribution in [0.5, 0.6) is 11.5 Å². The number of nitrogens with zero attached hydrogens (tertiary/aromatic N) is 1. The highest BCUT2D eigenvalue weighted by Gasteiger charge is 2.24. The van der Waals surface area contributed by atoms with Gasteiger partial charge in [-0.15, -0.1) is 0 Å². The minimum Gasteiger partial charge on any atom is -0.493 e. The van der Waals surface area contributed by atoms with Crippen molar-refractivity contribution in [1.82, 2.24) is 4.57 Å². The molecular formula is C18H21NO5. The first-order chi connectivity index (χ1) is 11.3. The Morgan fingerprint density at radius 2 is 1.75 bits per heavy atom. The lowest BCUT2D eigenvalue weighted by Gasteiger charge is -2.12. The number of hydrogen-bond acceptors (Lipinski definition) is 4. The van der Waals surface area contributed by atoms with Crippen LogP contribution in [-0.4, -0.2) is 35.6 Å². The molecule has 0 radical (unpaired) electrons. The standard InChI is InChI=1S/C18H21NO5/c1-10-8-13(11(2)18(21)22)19(3)16(10)17(20)12-6-7-14(23-4)15(9-12)24-5/h6-9,11H,1-5H3,(H,21,22). The quantitative estimate of drug-likeness (QED) is 0.824. The largest absolute Gasteiger partial charge is 0.493 e. The van der Waals surface area contributed by atoms with Crippen molar-refractivity contribution in [2.45, 2.75) is 19.8 Å². The lowest BCUT2D eigenvalue weighted by atomic mass is 10.0. The van der Waals surface area contributed by atoms with Gasteiger partial charge in [0.1, 0.15) is 0 Å². The Morgan fingerprint density at radius 3 is 2.29 bits per heavy atom. The molecule has 1 heterocycles. The third-order valence-corrected chi connectivity index (χ3v) is 4.14. The van der Waals surface area contributed by atoms with E-state index in [9.17, 15) is 14.7 Å². The van der Waals surface area contributed by atoms with E-state index < -0.39 is 11.9 Å². The molecule has 2 rings (SSSR count). The molecule has 6 heteroatoms. The summed E-state index contributed by atoms with van der Waals surface area (Å²) in [7, 11) is 4.74. The van der Waals surface area contributed by atoms with Gasteiger partial charge in [-0.25, -0.2) is 0 Å². The van der Waals surface area contributed by atoms with E-state index in [-0.39, 0.29) is 5.78 Å². The SMILES string of the molecule is COc1ccc(C(=O)c2c(C)cc(C(C)C(=O)O)n2C)cc1OC. The molecule has 0 aliphatic carbocycles. The maximum absolute atomic E-state index is 12.9. The van der Waals surface area contributed by atoms with Crippen molar-refractivity contribution in [2.75, 3.05) is 14.2 Å². The van der Waals surface area contributed by atoms with E-state index >= 15 is 0 Å². The van der Waals surface area contributed by atoms with Crippen LogP contribution >= 0.6 is 0 Å². The van der Waals surface area contributed by atoms with E-state index in [1.54, 1.807) is 49.7 Å². The van der Waals surface area contributed by atoms with Gasteiger partial charge in [0.05, 0.1) is 25.8 Å². The van der Waals surface area contributed by atoms with Crippen LogP contribution in [0.15, 0.2) is 24.3 Å². The molecule has 0 saturated heterocycles. The first-order valence-electron chi connectivity index (χ1n) is 7.47. The fraction of sp³-hybridized carbons (Fsp3) is 0.333. The number of carboxylic acids is 1. The summed E-state index contributed by atoms with van der Waals surface area (Å²) in [6, 6.07) is 6.70. The second-order valence-electron chi connectivity index (χ2n) is 5.62. The summed E-state index contributed by atoms with van der Waals surface area (Å²) in [4.78, 5) is 24.1. The van der Waals surface area contributed by atoms with Crippen LogP contribution in [0.2, 0.25) is 0 Å². The molecule has 0 aliphatic rings. The Bertz CT molecular complexity index is 791. The van der Waals surface area contributed by atoms with Gasteiger partial charge in [-0.3, -0.25) is 9.59 Å². The smallest absolute Gasteiger partial charge is 0.312 e. The maximum Gasteiger partial charge on any atom is 0.312 e. The molecule has 2 aromatic rings. The molecule has 0 amide bonds. The summed E-state index contributed by atoms with van der Waals surface area (Å²) in [5, 5.41) is 9.21. The molecule has 0 spiro atoms. The number of ketones is 1. The van der Waals surface area contributed by atoms with Crippen LogP contribution in [-0.2, 0) is 11.8 Å². The molecule has 1 aromatic heterocycles. The van der Waals surface area contributed by atoms with Crippen LogP contribution < -0.4 is 9.47 Å². The molecule has 0 bridgehead atoms. The summed E-state index contributed by atoms with van der Waals surface area (Å²) in [5.74, 6) is -0.812. The molecule has 24 heavy (non-hydrogen) atoms. The van der Waals surface area contributed by atoms with Crippen molar-refractivity contribution >= 4 is 11.8 Å². The van der Waals surface area contributed by atoms with Crippen molar-refractivity contribution in [3.05, 3.63) is 46.8 Å². The third kappa shape index (κ3) is 2.99. The normalized spacial score (nSPS) is 11.9. The van der Waals surface area contributed by atoms with Gasteiger partial charge in [0.2, 0.25) is 5.78 Å². The number of rotatable bonds is 6. The molecule has 1 unspecified atom stereocenters. The van der Waals surface area contributed by atoms with Crippen LogP contribution in [0.4, 0.5) is 0 Å². The number of carbonyl (C=O) groups excluding carboxylic acids is 1. The number of aliphatic carboxylic acids is 1. The van der Waals surface area contributed by atoms with Crippen LogP contribution in [0.3, 0.4) is 0 Å². The topological polar surface area (TPSA) is 77.8 Å². The van der Waals surface area contributed by atoms with Gasteiger partial charge in [-0.2, -0.15) is 0 Å². The van der Waals surface area contributed by atoms with E-state index in [0.717, 1.165) is 5.56 Å². The molecule has 128 valence electrons. The van der Waals surface area contributed by atoms with Gasteiger partial charge >= 0.3 is 5.97 Å². The molecule has 0 saturated carbocycles. The van der Waals surface area contributed by atoms with E-state index in [0.29, 0.717) is 28.5 Å². The highest BCUT2D eigenvalue weighted by Crippen LogP contribution is 2.30. The predicted octanol–water partition coefficient (Wildman–Crippen LogP) is 2.77. The zero-order valence-corrected chi connectivity index (χ0v) is 14.4. The summed E-state index contributed by atoms with van der Waals surface area (Å²) in [5.41, 5.74) is 2.24. The number of carboxylic acid groups (broad SMARTS) is 1. The van der Waals surface area contributed by atoms with Crippen molar-refractivity contribution in [1.29, 1.82) is 0 Å². The summed E-state index contributed by atoms with van der Waals surface area (Å²) < 4.78 is 12.1. The fourth-order valence-corrected chi connectivity index (χ4v) is 2.77. The van der Waals surface area contributed by atoms with Crippen LogP contribution in [0, 0.1) is 6.92 Å². The number of hydrogen-bond donors (Lipinski definition) is 1. The van der Waals surface area contributed by atoms with Crippen LogP contribution in [0.1, 0.15) is 40.2 Å². The first-order valence-corrected chi connectivity index (χ1v) is 7.47. The average molecular weight is 331 g/mol. The van der Waals surface area contributed by atoms with Crippen LogP contribution in [0.25, 0.3) is 0 Å². The van der Waals surface area contributed by atoms with Gasteiger partial charge in [0.15, 0.2) is 11.5 Å². The molecule has 0 aliphatic heterocycles. The Balaban J connectivity index is 2.49. The lowest BCUT2D eigenvalue weighted by molar-refractivity contribution is -0.138. The summed E-state index contributed by atoms with van der Waals surface area (Å²) in [6.07, 6.45) is 0. The van der Waals surface area contributed by atoms with Crippen molar-refractivity contribution in [3.8, 4) is 11.5 Å². The third-order valence-electron chi connectivity index (χ3n) is 4.14. The van der Waals surface area contributed by atoms with E-state index in [1.165, 1.54) is 14.2 Å². The molecule has 1 atom stereocenters. The fourth-order valence-electron chi connectivity index (χ4n) is 2.77. The molecule has 1 aromatic carbocycles.